The number of halogens is 1. The van der Waals surface area contributed by atoms with Crippen LogP contribution in [0.3, 0.4) is 0 Å². The zero-order valence-electron chi connectivity index (χ0n) is 7.70. The van der Waals surface area contributed by atoms with E-state index in [1.807, 2.05) is 17.8 Å². The van der Waals surface area contributed by atoms with Gasteiger partial charge in [0, 0.05) is 6.04 Å². The molecule has 0 aliphatic heterocycles. The first kappa shape index (κ1) is 9.03. The normalized spacial score (nSPS) is 28.2. The first-order chi connectivity index (χ1) is 6.31. The van der Waals surface area contributed by atoms with E-state index in [4.69, 9.17) is 11.6 Å². The molecule has 0 saturated heterocycles. The highest BCUT2D eigenvalue weighted by molar-refractivity contribution is 6.29. The van der Waals surface area contributed by atoms with Crippen molar-refractivity contribution in [3.63, 3.8) is 0 Å². The Kier molecular flexibility index (Phi) is 2.56. The topological polar surface area (TPSA) is 29.9 Å². The minimum absolute atomic E-state index is 0.486. The van der Waals surface area contributed by atoms with Gasteiger partial charge in [-0.15, -0.1) is 0 Å². The van der Waals surface area contributed by atoms with Gasteiger partial charge in [-0.3, -0.25) is 4.68 Å². The molecule has 3 nitrogen and oxygen atoms in total. The fourth-order valence-electron chi connectivity index (χ4n) is 2.01. The average molecular weight is 200 g/mol. The maximum Gasteiger partial charge on any atom is 0.127 e. The molecule has 1 aromatic heterocycles. The van der Waals surface area contributed by atoms with Crippen molar-refractivity contribution in [2.24, 2.45) is 0 Å². The second-order valence-corrected chi connectivity index (χ2v) is 3.94. The lowest BCUT2D eigenvalue weighted by Crippen LogP contribution is -2.22. The van der Waals surface area contributed by atoms with Crippen LogP contribution in [-0.4, -0.2) is 22.9 Å². The van der Waals surface area contributed by atoms with Gasteiger partial charge in [0.25, 0.3) is 0 Å². The fraction of sp³-hybridized carbons (Fsp3) is 0.667. The van der Waals surface area contributed by atoms with Gasteiger partial charge in [0.15, 0.2) is 0 Å². The van der Waals surface area contributed by atoms with E-state index in [0.717, 1.165) is 11.6 Å². The van der Waals surface area contributed by atoms with Gasteiger partial charge in [-0.05, 0) is 32.4 Å². The Morgan fingerprint density at radius 3 is 3.00 bits per heavy atom. The summed E-state index contributed by atoms with van der Waals surface area (Å²) in [5.41, 5.74) is 0. The van der Waals surface area contributed by atoms with Crippen LogP contribution >= 0.6 is 11.6 Å². The SMILES string of the molecule is CNC1CCC(n2nccc2Cl)C1. The molecular formula is C9H14ClN3. The van der Waals surface area contributed by atoms with Crippen molar-refractivity contribution in [1.29, 1.82) is 0 Å². The molecule has 2 atom stereocenters. The van der Waals surface area contributed by atoms with E-state index in [1.165, 1.54) is 12.8 Å². The van der Waals surface area contributed by atoms with Gasteiger partial charge in [0.2, 0.25) is 0 Å². The third kappa shape index (κ3) is 1.71. The third-order valence-corrected chi connectivity index (χ3v) is 3.08. The highest BCUT2D eigenvalue weighted by Gasteiger charge is 2.25. The van der Waals surface area contributed by atoms with E-state index < -0.39 is 0 Å². The van der Waals surface area contributed by atoms with Crippen molar-refractivity contribution in [3.8, 4) is 0 Å². The Labute approximate surface area is 83.1 Å². The zero-order valence-corrected chi connectivity index (χ0v) is 8.46. The van der Waals surface area contributed by atoms with Crippen molar-refractivity contribution in [2.45, 2.75) is 31.3 Å². The molecule has 0 bridgehead atoms. The number of hydrogen-bond donors (Lipinski definition) is 1. The summed E-state index contributed by atoms with van der Waals surface area (Å²) in [4.78, 5) is 0. The Morgan fingerprint density at radius 1 is 1.62 bits per heavy atom. The second kappa shape index (κ2) is 3.68. The van der Waals surface area contributed by atoms with E-state index in [-0.39, 0.29) is 0 Å². The summed E-state index contributed by atoms with van der Waals surface area (Å²) in [7, 11) is 2.01. The molecule has 1 aliphatic rings. The van der Waals surface area contributed by atoms with Crippen LogP contribution in [0.2, 0.25) is 5.15 Å². The first-order valence-electron chi connectivity index (χ1n) is 4.67. The quantitative estimate of drug-likeness (QED) is 0.788. The van der Waals surface area contributed by atoms with Gasteiger partial charge in [0.1, 0.15) is 5.15 Å². The molecule has 1 fully saturated rings. The predicted molar refractivity (Wildman–Crippen MR) is 53.0 cm³/mol. The molecule has 1 aromatic rings. The van der Waals surface area contributed by atoms with E-state index >= 15 is 0 Å². The number of rotatable bonds is 2. The fourth-order valence-corrected chi connectivity index (χ4v) is 2.25. The van der Waals surface area contributed by atoms with Gasteiger partial charge in [0.05, 0.1) is 12.2 Å². The number of nitrogens with zero attached hydrogens (tertiary/aromatic N) is 2. The Balaban J connectivity index is 2.08. The zero-order chi connectivity index (χ0) is 9.26. The Bertz CT molecular complexity index is 284. The van der Waals surface area contributed by atoms with E-state index in [1.54, 1.807) is 6.20 Å². The van der Waals surface area contributed by atoms with Crippen LogP contribution in [-0.2, 0) is 0 Å². The van der Waals surface area contributed by atoms with Gasteiger partial charge in [-0.2, -0.15) is 5.10 Å². The van der Waals surface area contributed by atoms with Gasteiger partial charge in [-0.25, -0.2) is 0 Å². The molecule has 1 aliphatic carbocycles. The highest BCUT2D eigenvalue weighted by Crippen LogP contribution is 2.31. The number of aromatic nitrogens is 2. The summed E-state index contributed by atoms with van der Waals surface area (Å²) in [6.45, 7) is 0. The Hall–Kier alpha value is -0.540. The molecule has 2 unspecified atom stereocenters. The smallest absolute Gasteiger partial charge is 0.127 e. The molecule has 1 N–H and O–H groups in total. The molecule has 0 radical (unpaired) electrons. The average Bonchev–Trinajstić information content (AvgIpc) is 2.71. The van der Waals surface area contributed by atoms with Gasteiger partial charge in [-0.1, -0.05) is 11.6 Å². The number of hydrogen-bond acceptors (Lipinski definition) is 2. The molecular weight excluding hydrogens is 186 g/mol. The summed E-state index contributed by atoms with van der Waals surface area (Å²) in [5, 5.41) is 8.27. The highest BCUT2D eigenvalue weighted by atomic mass is 35.5. The second-order valence-electron chi connectivity index (χ2n) is 3.55. The van der Waals surface area contributed by atoms with Crippen molar-refractivity contribution in [3.05, 3.63) is 17.4 Å². The monoisotopic (exact) mass is 199 g/mol. The molecule has 1 saturated carbocycles. The molecule has 0 spiro atoms. The van der Waals surface area contributed by atoms with Crippen LogP contribution in [0.15, 0.2) is 12.3 Å². The summed E-state index contributed by atoms with van der Waals surface area (Å²) >= 11 is 5.99. The molecule has 72 valence electrons. The summed E-state index contributed by atoms with van der Waals surface area (Å²) in [6.07, 6.45) is 5.29. The maximum absolute atomic E-state index is 5.99. The van der Waals surface area contributed by atoms with Crippen molar-refractivity contribution >= 4 is 11.6 Å². The van der Waals surface area contributed by atoms with E-state index in [2.05, 4.69) is 10.4 Å². The van der Waals surface area contributed by atoms with Crippen molar-refractivity contribution in [2.75, 3.05) is 7.05 Å². The van der Waals surface area contributed by atoms with Crippen LogP contribution in [0.1, 0.15) is 25.3 Å². The first-order valence-corrected chi connectivity index (χ1v) is 5.05. The maximum atomic E-state index is 5.99. The lowest BCUT2D eigenvalue weighted by Gasteiger charge is -2.12. The van der Waals surface area contributed by atoms with Crippen molar-refractivity contribution < 1.29 is 0 Å². The van der Waals surface area contributed by atoms with Crippen LogP contribution in [0.5, 0.6) is 0 Å². The minimum Gasteiger partial charge on any atom is -0.317 e. The van der Waals surface area contributed by atoms with E-state index in [9.17, 15) is 0 Å². The summed E-state index contributed by atoms with van der Waals surface area (Å²) in [6, 6.07) is 2.96. The molecule has 0 aromatic carbocycles. The largest absolute Gasteiger partial charge is 0.317 e. The van der Waals surface area contributed by atoms with Crippen LogP contribution < -0.4 is 5.32 Å². The summed E-state index contributed by atoms with van der Waals surface area (Å²) in [5.74, 6) is 0. The van der Waals surface area contributed by atoms with Crippen LogP contribution in [0.4, 0.5) is 0 Å². The molecule has 0 amide bonds. The molecule has 4 heteroatoms. The molecule has 13 heavy (non-hydrogen) atoms. The summed E-state index contributed by atoms with van der Waals surface area (Å²) < 4.78 is 1.93. The van der Waals surface area contributed by atoms with E-state index in [0.29, 0.717) is 12.1 Å². The van der Waals surface area contributed by atoms with Gasteiger partial charge >= 0.3 is 0 Å². The predicted octanol–water partition coefficient (Wildman–Crippen LogP) is 1.85. The van der Waals surface area contributed by atoms with Gasteiger partial charge < -0.3 is 5.32 Å². The lowest BCUT2D eigenvalue weighted by molar-refractivity contribution is 0.451. The Morgan fingerprint density at radius 2 is 2.46 bits per heavy atom. The standard InChI is InChI=1S/C9H14ClN3/c1-11-7-2-3-8(6-7)13-9(10)4-5-12-13/h4-5,7-8,11H,2-3,6H2,1H3. The molecule has 1 heterocycles. The lowest BCUT2D eigenvalue weighted by atomic mass is 10.2. The van der Waals surface area contributed by atoms with Crippen molar-refractivity contribution in [1.82, 2.24) is 15.1 Å². The molecule has 2 rings (SSSR count). The number of nitrogens with one attached hydrogen (secondary N) is 1. The third-order valence-electron chi connectivity index (χ3n) is 2.78. The minimum atomic E-state index is 0.486. The van der Waals surface area contributed by atoms with Crippen LogP contribution in [0.25, 0.3) is 0 Å². The van der Waals surface area contributed by atoms with Crippen LogP contribution in [0, 0.1) is 0 Å².